The third-order valence-electron chi connectivity index (χ3n) is 10.5. The number of nitrogens with one attached hydrogen (secondary N) is 1. The minimum atomic E-state index is -0.691. The predicted molar refractivity (Wildman–Crippen MR) is 257 cm³/mol. The first kappa shape index (κ1) is 49.8. The molecule has 2 heterocycles. The lowest BCUT2D eigenvalue weighted by molar-refractivity contribution is -0.142. The Morgan fingerprint density at radius 3 is 1.41 bits per heavy atom. The van der Waals surface area contributed by atoms with Crippen molar-refractivity contribution in [1.29, 1.82) is 0 Å². The summed E-state index contributed by atoms with van der Waals surface area (Å²) < 4.78 is 0. The molecule has 6 aromatic rings. The van der Waals surface area contributed by atoms with Crippen molar-refractivity contribution in [3.8, 4) is 0 Å². The average Bonchev–Trinajstić information content (AvgIpc) is 3.98. The van der Waals surface area contributed by atoms with Gasteiger partial charge < -0.3 is 16.2 Å². The number of nitrogens with zero attached hydrogens (tertiary/aromatic N) is 2. The van der Waals surface area contributed by atoms with Crippen LogP contribution in [-0.2, 0) is 22.7 Å². The number of nitrogens with two attached hydrogens (primary N) is 1. The van der Waals surface area contributed by atoms with E-state index in [1.165, 1.54) is 11.1 Å². The molecule has 2 aliphatic rings. The Hall–Kier alpha value is -5.81. The third kappa shape index (κ3) is 15.2. The molecule has 9 nitrogen and oxygen atoms in total. The molecule has 2 atom stereocenters. The topological polar surface area (TPSA) is 133 Å². The van der Waals surface area contributed by atoms with Gasteiger partial charge in [-0.15, -0.1) is 35.6 Å². The van der Waals surface area contributed by atoms with Gasteiger partial charge in [-0.05, 0) is 74.2 Å². The van der Waals surface area contributed by atoms with Gasteiger partial charge in [-0.1, -0.05) is 146 Å². The molecular formula is C51H53Cl3N4O5. The molecule has 0 bridgehead atoms. The van der Waals surface area contributed by atoms with Gasteiger partial charge in [-0.25, -0.2) is 0 Å². The number of rotatable bonds is 11. The lowest BCUT2D eigenvalue weighted by Crippen LogP contribution is -2.39. The van der Waals surface area contributed by atoms with Gasteiger partial charge in [0, 0.05) is 41.0 Å². The van der Waals surface area contributed by atoms with Crippen molar-refractivity contribution in [3.63, 3.8) is 0 Å². The van der Waals surface area contributed by atoms with Gasteiger partial charge in [0.2, 0.25) is 5.91 Å². The largest absolute Gasteiger partial charge is 0.480 e. The fraction of sp³-hybridized carbons (Fsp3) is 0.216. The lowest BCUT2D eigenvalue weighted by Gasteiger charge is -2.24. The molecule has 0 aromatic heterocycles. The maximum atomic E-state index is 13.1. The number of alkyl halides is 2. The number of aliphatic carboxylic acids is 1. The van der Waals surface area contributed by atoms with Crippen molar-refractivity contribution in [2.24, 2.45) is 0 Å². The number of carboxylic acids is 1. The number of halogens is 3. The number of para-hydroxylation sites is 2. The fourth-order valence-electron chi connectivity index (χ4n) is 7.44. The Bertz CT molecular complexity index is 2320. The fourth-order valence-corrected chi connectivity index (χ4v) is 7.44. The zero-order valence-electron chi connectivity index (χ0n) is 34.9. The van der Waals surface area contributed by atoms with Crippen LogP contribution in [0.5, 0.6) is 0 Å². The van der Waals surface area contributed by atoms with Crippen LogP contribution in [0.1, 0.15) is 68.7 Å². The van der Waals surface area contributed by atoms with Crippen LogP contribution < -0.4 is 11.1 Å². The van der Waals surface area contributed by atoms with Crippen molar-refractivity contribution >= 4 is 70.4 Å². The van der Waals surface area contributed by atoms with Crippen molar-refractivity contribution in [1.82, 2.24) is 9.80 Å². The molecule has 1 amide bonds. The highest BCUT2D eigenvalue weighted by Gasteiger charge is 2.32. The normalized spacial score (nSPS) is 15.4. The van der Waals surface area contributed by atoms with E-state index in [0.29, 0.717) is 33.6 Å². The van der Waals surface area contributed by atoms with Gasteiger partial charge >= 0.3 is 5.97 Å². The van der Waals surface area contributed by atoms with E-state index in [2.05, 4.69) is 22.3 Å². The summed E-state index contributed by atoms with van der Waals surface area (Å²) in [5.41, 5.74) is 11.6. The molecular weight excluding hydrogens is 855 g/mol. The number of likely N-dealkylation sites (tertiary alicyclic amines) is 2. The van der Waals surface area contributed by atoms with E-state index in [1.54, 1.807) is 48.5 Å². The minimum absolute atomic E-state index is 0. The van der Waals surface area contributed by atoms with Gasteiger partial charge in [-0.2, -0.15) is 0 Å². The predicted octanol–water partition coefficient (Wildman–Crippen LogP) is 10.6. The van der Waals surface area contributed by atoms with E-state index in [-0.39, 0.29) is 47.3 Å². The summed E-state index contributed by atoms with van der Waals surface area (Å²) in [5.74, 6) is -0.863. The van der Waals surface area contributed by atoms with Crippen molar-refractivity contribution in [2.45, 2.75) is 50.9 Å². The monoisotopic (exact) mass is 906 g/mol. The Morgan fingerprint density at radius 2 is 0.937 bits per heavy atom. The van der Waals surface area contributed by atoms with Crippen LogP contribution in [0.2, 0.25) is 0 Å². The summed E-state index contributed by atoms with van der Waals surface area (Å²) in [6, 6.07) is 52.4. The summed E-state index contributed by atoms with van der Waals surface area (Å²) in [6.45, 7) is 3.30. The van der Waals surface area contributed by atoms with Gasteiger partial charge in [0.15, 0.2) is 11.6 Å². The van der Waals surface area contributed by atoms with Crippen molar-refractivity contribution in [2.75, 3.05) is 29.5 Å². The number of nitrogen functional groups attached to an aromatic ring is 1. The summed E-state index contributed by atoms with van der Waals surface area (Å²) in [7, 11) is 0. The van der Waals surface area contributed by atoms with Crippen LogP contribution in [0, 0.1) is 0 Å². The maximum Gasteiger partial charge on any atom is 0.320 e. The van der Waals surface area contributed by atoms with Crippen molar-refractivity contribution < 1.29 is 24.3 Å². The number of ketones is 2. The molecule has 2 fully saturated rings. The van der Waals surface area contributed by atoms with E-state index < -0.39 is 5.97 Å². The number of carbonyl (C=O) groups excluding carboxylic acids is 3. The van der Waals surface area contributed by atoms with Gasteiger partial charge in [-0.3, -0.25) is 29.0 Å². The quantitative estimate of drug-likeness (QED) is 0.0665. The van der Waals surface area contributed by atoms with Crippen molar-refractivity contribution in [3.05, 3.63) is 203 Å². The van der Waals surface area contributed by atoms with Crippen LogP contribution in [0.15, 0.2) is 170 Å². The summed E-state index contributed by atoms with van der Waals surface area (Å²) in [6.07, 6.45) is 3.59. The number of carboxylic acid groups (broad SMARTS) is 1. The molecule has 2 saturated heterocycles. The first-order chi connectivity index (χ1) is 30.2. The Kier molecular flexibility index (Phi) is 21.1. The molecule has 0 saturated carbocycles. The third-order valence-corrected chi connectivity index (χ3v) is 10.5. The number of anilines is 2. The highest BCUT2D eigenvalue weighted by Crippen LogP contribution is 2.25. The number of amides is 1. The molecule has 0 spiro atoms. The smallest absolute Gasteiger partial charge is 0.320 e. The summed E-state index contributed by atoms with van der Waals surface area (Å²) in [4.78, 5) is 53.2. The van der Waals surface area contributed by atoms with Crippen LogP contribution in [-0.4, -0.2) is 68.9 Å². The zero-order valence-corrected chi connectivity index (χ0v) is 37.2. The van der Waals surface area contributed by atoms with E-state index in [1.807, 2.05) is 114 Å². The van der Waals surface area contributed by atoms with Crippen LogP contribution in [0.4, 0.5) is 11.4 Å². The molecule has 2 aliphatic heterocycles. The van der Waals surface area contributed by atoms with E-state index in [0.717, 1.165) is 51.9 Å². The maximum absolute atomic E-state index is 13.1. The molecule has 12 heteroatoms. The second kappa shape index (κ2) is 26.6. The molecule has 4 N–H and O–H groups in total. The second-order valence-corrected chi connectivity index (χ2v) is 15.5. The Labute approximate surface area is 386 Å². The second-order valence-electron chi connectivity index (χ2n) is 14.7. The van der Waals surface area contributed by atoms with Gasteiger partial charge in [0.25, 0.3) is 0 Å². The molecule has 63 heavy (non-hydrogen) atoms. The van der Waals surface area contributed by atoms with E-state index >= 15 is 0 Å². The summed E-state index contributed by atoms with van der Waals surface area (Å²) >= 11 is 9.53. The first-order valence-corrected chi connectivity index (χ1v) is 21.6. The highest BCUT2D eigenvalue weighted by atomic mass is 35.5. The van der Waals surface area contributed by atoms with Gasteiger partial charge in [0.05, 0.1) is 17.1 Å². The van der Waals surface area contributed by atoms with E-state index in [9.17, 15) is 19.2 Å². The standard InChI is InChI=1S/C25H24N2O2.C13H11NO.C12H15NO2.CH2Cl2.ClH/c28-24(20-12-5-2-6-13-20)21-14-7-8-15-22(21)26-25(29)23-16-9-17-27(23)18-19-10-3-1-4-11-19;14-12-9-5-4-8-11(12)13(15)10-6-2-1-3-7-10;14-12(15)11-7-4-8-13(11)9-10-5-2-1-3-6-10;2-1-3;/h1-8,10-15,23H,9,16-18H2,(H,26,29);1-9H,14H2;1-3,5-6,11H,4,7-9H2,(H,14,15);1H2;1H/t23-;;11-;;/m0.0../s1. The van der Waals surface area contributed by atoms with E-state index in [4.69, 9.17) is 34.0 Å². The highest BCUT2D eigenvalue weighted by molar-refractivity contribution is 6.40. The molecule has 0 unspecified atom stereocenters. The number of hydrogen-bond acceptors (Lipinski definition) is 7. The van der Waals surface area contributed by atoms with Gasteiger partial charge in [0.1, 0.15) is 6.04 Å². The number of hydrogen-bond donors (Lipinski definition) is 3. The molecule has 6 aromatic carbocycles. The first-order valence-electron chi connectivity index (χ1n) is 20.5. The molecule has 328 valence electrons. The lowest BCUT2D eigenvalue weighted by atomic mass is 10.0. The minimum Gasteiger partial charge on any atom is -0.480 e. The zero-order chi connectivity index (χ0) is 44.1. The number of carbonyl (C=O) groups is 4. The molecule has 0 aliphatic carbocycles. The number of benzene rings is 6. The van der Waals surface area contributed by atoms with Crippen LogP contribution in [0.25, 0.3) is 0 Å². The average molecular weight is 908 g/mol. The van der Waals surface area contributed by atoms with Crippen LogP contribution in [0.3, 0.4) is 0 Å². The Balaban J connectivity index is 0.000000217. The summed E-state index contributed by atoms with van der Waals surface area (Å²) in [5, 5.41) is 12.2. The Morgan fingerprint density at radius 1 is 0.556 bits per heavy atom. The molecule has 0 radical (unpaired) electrons. The SMILES string of the molecule is Cl.ClCCl.Nc1ccccc1C(=O)c1ccccc1.O=C(O)[C@@H]1CCCN1Cc1ccccc1.O=C(c1ccccc1)c1ccccc1NC(=O)[C@@H]1CCCN1Cc1ccccc1. The molecule has 8 rings (SSSR count). The van der Waals surface area contributed by atoms with Crippen LogP contribution >= 0.6 is 35.6 Å².